The van der Waals surface area contributed by atoms with Crippen molar-refractivity contribution in [3.8, 4) is 11.5 Å². The maximum absolute atomic E-state index is 13.1. The van der Waals surface area contributed by atoms with Gasteiger partial charge in [0.15, 0.2) is 18.1 Å². The zero-order valence-electron chi connectivity index (χ0n) is 14.2. The summed E-state index contributed by atoms with van der Waals surface area (Å²) in [5, 5.41) is 2.24. The number of carbonyl (C=O) groups is 2. The highest BCUT2D eigenvalue weighted by Gasteiger charge is 2.14. The molecule has 0 radical (unpaired) electrons. The fourth-order valence-electron chi connectivity index (χ4n) is 2.11. The van der Waals surface area contributed by atoms with E-state index in [1.807, 2.05) is 0 Å². The molecule has 1 amide bonds. The summed E-state index contributed by atoms with van der Waals surface area (Å²) in [6.45, 7) is 1.54. The highest BCUT2D eigenvalue weighted by molar-refractivity contribution is 5.95. The number of halogens is 2. The van der Waals surface area contributed by atoms with Crippen LogP contribution in [-0.2, 0) is 9.53 Å². The van der Waals surface area contributed by atoms with E-state index in [1.54, 1.807) is 6.92 Å². The molecule has 1 N–H and O–H groups in total. The number of carbonyl (C=O) groups excluding carboxylic acids is 2. The summed E-state index contributed by atoms with van der Waals surface area (Å²) in [5.41, 5.74) is 0.0884. The number of methoxy groups -OCH3 is 1. The first kappa shape index (κ1) is 19.2. The first-order valence-electron chi connectivity index (χ1n) is 7.66. The zero-order valence-corrected chi connectivity index (χ0v) is 14.2. The Morgan fingerprint density at radius 1 is 1.04 bits per heavy atom. The number of amides is 1. The predicted molar refractivity (Wildman–Crippen MR) is 89.4 cm³/mol. The van der Waals surface area contributed by atoms with Gasteiger partial charge in [0.05, 0.1) is 19.3 Å². The molecule has 0 saturated heterocycles. The van der Waals surface area contributed by atoms with E-state index in [-0.39, 0.29) is 11.3 Å². The summed E-state index contributed by atoms with van der Waals surface area (Å²) in [6, 6.07) is 7.00. The number of anilines is 1. The van der Waals surface area contributed by atoms with Crippen molar-refractivity contribution in [2.24, 2.45) is 0 Å². The van der Waals surface area contributed by atoms with E-state index >= 15 is 0 Å². The van der Waals surface area contributed by atoms with Crippen LogP contribution in [0.5, 0.6) is 11.5 Å². The lowest BCUT2D eigenvalue weighted by Gasteiger charge is -2.11. The summed E-state index contributed by atoms with van der Waals surface area (Å²) in [5.74, 6) is -2.34. The third kappa shape index (κ3) is 5.17. The second-order valence-corrected chi connectivity index (χ2v) is 5.08. The van der Waals surface area contributed by atoms with Crippen molar-refractivity contribution in [2.45, 2.75) is 6.92 Å². The van der Waals surface area contributed by atoms with Crippen LogP contribution in [0.25, 0.3) is 0 Å². The van der Waals surface area contributed by atoms with Gasteiger partial charge in [-0.25, -0.2) is 13.6 Å². The number of nitrogens with one attached hydrogen (secondary N) is 1. The minimum absolute atomic E-state index is 0.0772. The molecule has 2 aromatic carbocycles. The van der Waals surface area contributed by atoms with Gasteiger partial charge in [0, 0.05) is 11.8 Å². The monoisotopic (exact) mass is 365 g/mol. The van der Waals surface area contributed by atoms with Crippen LogP contribution >= 0.6 is 0 Å². The maximum atomic E-state index is 13.1. The molecule has 8 heteroatoms. The molecular formula is C18H17F2NO5. The third-order valence-corrected chi connectivity index (χ3v) is 3.18. The molecule has 0 bridgehead atoms. The average Bonchev–Trinajstić information content (AvgIpc) is 2.59. The van der Waals surface area contributed by atoms with E-state index in [0.717, 1.165) is 12.1 Å². The molecule has 2 rings (SSSR count). The number of hydrogen-bond acceptors (Lipinski definition) is 5. The van der Waals surface area contributed by atoms with Crippen LogP contribution in [-0.4, -0.2) is 32.2 Å². The van der Waals surface area contributed by atoms with Gasteiger partial charge in [-0.05, 0) is 37.3 Å². The molecule has 0 aromatic heterocycles. The van der Waals surface area contributed by atoms with Gasteiger partial charge in [-0.1, -0.05) is 0 Å². The summed E-state index contributed by atoms with van der Waals surface area (Å²) in [7, 11) is 1.47. The van der Waals surface area contributed by atoms with Gasteiger partial charge in [-0.3, -0.25) is 4.79 Å². The minimum atomic E-state index is -0.834. The van der Waals surface area contributed by atoms with Gasteiger partial charge in [0.2, 0.25) is 0 Å². The standard InChI is InChI=1S/C18H17F2NO5/c1-3-25-16-6-11(4-5-15(16)24-2)18(23)26-10-17(22)21-14-8-12(19)7-13(20)9-14/h4-9H,3,10H2,1-2H3,(H,21,22). The molecule has 0 spiro atoms. The summed E-state index contributed by atoms with van der Waals surface area (Å²) >= 11 is 0. The number of rotatable bonds is 7. The molecule has 138 valence electrons. The van der Waals surface area contributed by atoms with Crippen molar-refractivity contribution in [1.29, 1.82) is 0 Å². The Morgan fingerprint density at radius 3 is 2.35 bits per heavy atom. The number of benzene rings is 2. The van der Waals surface area contributed by atoms with Crippen molar-refractivity contribution in [3.05, 3.63) is 53.6 Å². The van der Waals surface area contributed by atoms with E-state index in [9.17, 15) is 18.4 Å². The first-order valence-corrected chi connectivity index (χ1v) is 7.66. The molecule has 6 nitrogen and oxygen atoms in total. The molecule has 0 unspecified atom stereocenters. The van der Waals surface area contributed by atoms with E-state index in [4.69, 9.17) is 14.2 Å². The van der Waals surface area contributed by atoms with Gasteiger partial charge < -0.3 is 19.5 Å². The molecule has 2 aromatic rings. The largest absolute Gasteiger partial charge is 0.493 e. The molecular weight excluding hydrogens is 348 g/mol. The lowest BCUT2D eigenvalue weighted by molar-refractivity contribution is -0.119. The van der Waals surface area contributed by atoms with Crippen molar-refractivity contribution >= 4 is 17.6 Å². The van der Waals surface area contributed by atoms with Crippen molar-refractivity contribution in [1.82, 2.24) is 0 Å². The predicted octanol–water partition coefficient (Wildman–Crippen LogP) is 3.17. The summed E-state index contributed by atoms with van der Waals surface area (Å²) in [4.78, 5) is 23.8. The smallest absolute Gasteiger partial charge is 0.338 e. The minimum Gasteiger partial charge on any atom is -0.493 e. The van der Waals surface area contributed by atoms with Crippen LogP contribution in [0.15, 0.2) is 36.4 Å². The lowest BCUT2D eigenvalue weighted by Crippen LogP contribution is -2.21. The fraction of sp³-hybridized carbons (Fsp3) is 0.222. The molecule has 0 aliphatic carbocycles. The van der Waals surface area contributed by atoms with Crippen molar-refractivity contribution < 1.29 is 32.6 Å². The normalized spacial score (nSPS) is 10.2. The van der Waals surface area contributed by atoms with Crippen LogP contribution in [0.1, 0.15) is 17.3 Å². The second-order valence-electron chi connectivity index (χ2n) is 5.08. The van der Waals surface area contributed by atoms with E-state index in [1.165, 1.54) is 25.3 Å². The molecule has 0 heterocycles. The molecule has 26 heavy (non-hydrogen) atoms. The Kier molecular flexibility index (Phi) is 6.48. The van der Waals surface area contributed by atoms with Crippen LogP contribution in [0, 0.1) is 11.6 Å². The number of esters is 1. The van der Waals surface area contributed by atoms with Crippen LogP contribution in [0.4, 0.5) is 14.5 Å². The highest BCUT2D eigenvalue weighted by atomic mass is 19.1. The summed E-state index contributed by atoms with van der Waals surface area (Å²) < 4.78 is 41.5. The van der Waals surface area contributed by atoms with Crippen molar-refractivity contribution in [2.75, 3.05) is 25.6 Å². The van der Waals surface area contributed by atoms with E-state index < -0.39 is 30.1 Å². The fourth-order valence-corrected chi connectivity index (χ4v) is 2.11. The Balaban J connectivity index is 1.97. The van der Waals surface area contributed by atoms with Crippen LogP contribution in [0.3, 0.4) is 0 Å². The molecule has 0 aliphatic rings. The van der Waals surface area contributed by atoms with Crippen LogP contribution < -0.4 is 14.8 Å². The average molecular weight is 365 g/mol. The second kappa shape index (κ2) is 8.80. The Hall–Kier alpha value is -3.16. The maximum Gasteiger partial charge on any atom is 0.338 e. The SMILES string of the molecule is CCOc1cc(C(=O)OCC(=O)Nc2cc(F)cc(F)c2)ccc1OC. The first-order chi connectivity index (χ1) is 12.4. The van der Waals surface area contributed by atoms with Gasteiger partial charge in [-0.15, -0.1) is 0 Å². The van der Waals surface area contributed by atoms with Crippen LogP contribution in [0.2, 0.25) is 0 Å². The van der Waals surface area contributed by atoms with E-state index in [2.05, 4.69) is 5.32 Å². The lowest BCUT2D eigenvalue weighted by atomic mass is 10.2. The molecule has 0 atom stereocenters. The van der Waals surface area contributed by atoms with Gasteiger partial charge in [0.1, 0.15) is 11.6 Å². The van der Waals surface area contributed by atoms with Gasteiger partial charge in [-0.2, -0.15) is 0 Å². The molecule has 0 fully saturated rings. The summed E-state index contributed by atoms with van der Waals surface area (Å²) in [6.07, 6.45) is 0. The molecule has 0 saturated carbocycles. The Bertz CT molecular complexity index is 790. The number of hydrogen-bond donors (Lipinski definition) is 1. The Morgan fingerprint density at radius 2 is 1.73 bits per heavy atom. The van der Waals surface area contributed by atoms with Crippen molar-refractivity contribution in [3.63, 3.8) is 0 Å². The van der Waals surface area contributed by atoms with Gasteiger partial charge in [0.25, 0.3) is 5.91 Å². The highest BCUT2D eigenvalue weighted by Crippen LogP contribution is 2.28. The quantitative estimate of drug-likeness (QED) is 0.763. The third-order valence-electron chi connectivity index (χ3n) is 3.18. The Labute approximate surface area is 148 Å². The molecule has 0 aliphatic heterocycles. The van der Waals surface area contributed by atoms with Gasteiger partial charge >= 0.3 is 5.97 Å². The van der Waals surface area contributed by atoms with E-state index in [0.29, 0.717) is 24.2 Å². The number of ether oxygens (including phenoxy) is 3. The zero-order chi connectivity index (χ0) is 19.1. The topological polar surface area (TPSA) is 73.9 Å².